The highest BCUT2D eigenvalue weighted by molar-refractivity contribution is 5.91. The van der Waals surface area contributed by atoms with E-state index >= 15 is 0 Å². The summed E-state index contributed by atoms with van der Waals surface area (Å²) < 4.78 is 0. The van der Waals surface area contributed by atoms with Crippen molar-refractivity contribution in [1.29, 1.82) is 0 Å². The number of benzene rings is 2. The molecule has 0 fully saturated rings. The molecule has 2 rings (SSSR count). The van der Waals surface area contributed by atoms with Crippen molar-refractivity contribution in [2.45, 2.75) is 13.5 Å². The lowest BCUT2D eigenvalue weighted by Gasteiger charge is -2.05. The van der Waals surface area contributed by atoms with Gasteiger partial charge in [0, 0.05) is 18.3 Å². The summed E-state index contributed by atoms with van der Waals surface area (Å²) >= 11 is 0. The van der Waals surface area contributed by atoms with Crippen LogP contribution in [-0.4, -0.2) is 5.91 Å². The first-order valence-electron chi connectivity index (χ1n) is 6.51. The van der Waals surface area contributed by atoms with E-state index in [1.807, 2.05) is 55.5 Å². The van der Waals surface area contributed by atoms with E-state index in [0.717, 1.165) is 11.1 Å². The van der Waals surface area contributed by atoms with Gasteiger partial charge in [0.15, 0.2) is 0 Å². The fourth-order valence-corrected chi connectivity index (χ4v) is 1.88. The first kappa shape index (κ1) is 13.9. The molecule has 1 amide bonds. The molecule has 0 radical (unpaired) electrons. The van der Waals surface area contributed by atoms with Gasteiger partial charge in [-0.15, -0.1) is 0 Å². The van der Waals surface area contributed by atoms with Gasteiger partial charge >= 0.3 is 0 Å². The first-order chi connectivity index (χ1) is 9.65. The van der Waals surface area contributed by atoms with Crippen molar-refractivity contribution in [3.63, 3.8) is 0 Å². The summed E-state index contributed by atoms with van der Waals surface area (Å²) in [5.74, 6) is -0.115. The maximum atomic E-state index is 11.8. The smallest absolute Gasteiger partial charge is 0.244 e. The highest BCUT2D eigenvalue weighted by atomic mass is 16.1. The Kier molecular flexibility index (Phi) is 4.56. The number of nitrogens with two attached hydrogens (primary N) is 1. The molecule has 102 valence electrons. The van der Waals surface area contributed by atoms with E-state index in [0.29, 0.717) is 12.2 Å². The van der Waals surface area contributed by atoms with Gasteiger partial charge in [-0.3, -0.25) is 4.79 Å². The fraction of sp³-hybridized carbons (Fsp3) is 0.118. The van der Waals surface area contributed by atoms with Crippen LogP contribution in [0.3, 0.4) is 0 Å². The van der Waals surface area contributed by atoms with Crippen molar-refractivity contribution >= 4 is 17.7 Å². The number of hydrogen-bond acceptors (Lipinski definition) is 2. The number of anilines is 1. The van der Waals surface area contributed by atoms with Gasteiger partial charge in [0.05, 0.1) is 0 Å². The van der Waals surface area contributed by atoms with Gasteiger partial charge in [0.25, 0.3) is 0 Å². The quantitative estimate of drug-likeness (QED) is 0.660. The van der Waals surface area contributed by atoms with Crippen molar-refractivity contribution in [3.8, 4) is 0 Å². The molecule has 0 heterocycles. The number of aryl methyl sites for hydroxylation is 1. The Morgan fingerprint density at radius 3 is 2.75 bits per heavy atom. The molecule has 3 heteroatoms. The normalized spacial score (nSPS) is 10.7. The van der Waals surface area contributed by atoms with Crippen molar-refractivity contribution in [3.05, 3.63) is 71.3 Å². The summed E-state index contributed by atoms with van der Waals surface area (Å²) in [6.07, 6.45) is 3.27. The minimum atomic E-state index is -0.115. The second-order valence-electron chi connectivity index (χ2n) is 4.65. The lowest BCUT2D eigenvalue weighted by molar-refractivity contribution is -0.116. The van der Waals surface area contributed by atoms with E-state index < -0.39 is 0 Å². The molecule has 3 nitrogen and oxygen atoms in total. The Bertz CT molecular complexity index is 632. The van der Waals surface area contributed by atoms with E-state index in [2.05, 4.69) is 5.32 Å². The van der Waals surface area contributed by atoms with Gasteiger partial charge in [0.2, 0.25) is 5.91 Å². The van der Waals surface area contributed by atoms with E-state index in [9.17, 15) is 4.79 Å². The summed E-state index contributed by atoms with van der Waals surface area (Å²) in [5, 5.41) is 2.87. The molecule has 0 unspecified atom stereocenters. The van der Waals surface area contributed by atoms with Gasteiger partial charge in [0.1, 0.15) is 0 Å². The Morgan fingerprint density at radius 1 is 1.20 bits per heavy atom. The van der Waals surface area contributed by atoms with E-state index in [1.54, 1.807) is 6.08 Å². The molecule has 0 atom stereocenters. The second kappa shape index (κ2) is 6.57. The minimum Gasteiger partial charge on any atom is -0.399 e. The molecule has 0 aliphatic carbocycles. The molecule has 0 aliphatic rings. The van der Waals surface area contributed by atoms with Gasteiger partial charge in [-0.1, -0.05) is 36.4 Å². The largest absolute Gasteiger partial charge is 0.399 e. The number of rotatable bonds is 4. The Hall–Kier alpha value is -2.55. The summed E-state index contributed by atoms with van der Waals surface area (Å²) in [6, 6.07) is 15.4. The maximum Gasteiger partial charge on any atom is 0.244 e. The van der Waals surface area contributed by atoms with Crippen LogP contribution in [0.5, 0.6) is 0 Å². The number of hydrogen-bond donors (Lipinski definition) is 2. The fourth-order valence-electron chi connectivity index (χ4n) is 1.88. The molecule has 0 aromatic heterocycles. The Morgan fingerprint density at radius 2 is 2.00 bits per heavy atom. The van der Waals surface area contributed by atoms with Crippen LogP contribution in [0.15, 0.2) is 54.6 Å². The van der Waals surface area contributed by atoms with Crippen LogP contribution in [-0.2, 0) is 11.3 Å². The summed E-state index contributed by atoms with van der Waals surface area (Å²) in [7, 11) is 0. The molecule has 0 spiro atoms. The molecule has 20 heavy (non-hydrogen) atoms. The molecule has 2 aromatic carbocycles. The standard InChI is InChI=1S/C17H18N2O/c1-13-5-2-3-7-15(13)12-19-17(20)10-9-14-6-4-8-16(18)11-14/h2-11H,12,18H2,1H3,(H,19,20)/b10-9+. The highest BCUT2D eigenvalue weighted by Crippen LogP contribution is 2.08. The zero-order valence-corrected chi connectivity index (χ0v) is 11.5. The van der Waals surface area contributed by atoms with Crippen molar-refractivity contribution in [2.24, 2.45) is 0 Å². The zero-order chi connectivity index (χ0) is 14.4. The van der Waals surface area contributed by atoms with Crippen LogP contribution in [0.1, 0.15) is 16.7 Å². The van der Waals surface area contributed by atoms with Crippen LogP contribution < -0.4 is 11.1 Å². The third-order valence-electron chi connectivity index (χ3n) is 3.05. The van der Waals surface area contributed by atoms with Crippen LogP contribution in [0.2, 0.25) is 0 Å². The lowest BCUT2D eigenvalue weighted by Crippen LogP contribution is -2.20. The third kappa shape index (κ3) is 3.99. The average molecular weight is 266 g/mol. The Balaban J connectivity index is 1.91. The summed E-state index contributed by atoms with van der Waals surface area (Å²) in [4.78, 5) is 11.8. The highest BCUT2D eigenvalue weighted by Gasteiger charge is 1.99. The number of carbonyl (C=O) groups excluding carboxylic acids is 1. The van der Waals surface area contributed by atoms with Crippen LogP contribution in [0.4, 0.5) is 5.69 Å². The summed E-state index contributed by atoms with van der Waals surface area (Å²) in [6.45, 7) is 2.57. The first-order valence-corrected chi connectivity index (χ1v) is 6.51. The van der Waals surface area contributed by atoms with Gasteiger partial charge in [-0.2, -0.15) is 0 Å². The SMILES string of the molecule is Cc1ccccc1CNC(=O)/C=C/c1cccc(N)c1. The maximum absolute atomic E-state index is 11.8. The third-order valence-corrected chi connectivity index (χ3v) is 3.05. The monoisotopic (exact) mass is 266 g/mol. The second-order valence-corrected chi connectivity index (χ2v) is 4.65. The predicted molar refractivity (Wildman–Crippen MR) is 82.9 cm³/mol. The van der Waals surface area contributed by atoms with Crippen molar-refractivity contribution < 1.29 is 4.79 Å². The predicted octanol–water partition coefficient (Wildman–Crippen LogP) is 2.91. The molecule has 2 aromatic rings. The van der Waals surface area contributed by atoms with Crippen LogP contribution in [0, 0.1) is 6.92 Å². The number of nitrogens with one attached hydrogen (secondary N) is 1. The molecular formula is C17H18N2O. The van der Waals surface area contributed by atoms with Crippen molar-refractivity contribution in [1.82, 2.24) is 5.32 Å². The summed E-state index contributed by atoms with van der Waals surface area (Å²) in [5.41, 5.74) is 9.58. The lowest BCUT2D eigenvalue weighted by atomic mass is 10.1. The van der Waals surface area contributed by atoms with Crippen molar-refractivity contribution in [2.75, 3.05) is 5.73 Å². The topological polar surface area (TPSA) is 55.1 Å². The molecule has 0 saturated heterocycles. The average Bonchev–Trinajstić information content (AvgIpc) is 2.44. The zero-order valence-electron chi connectivity index (χ0n) is 11.5. The molecular weight excluding hydrogens is 248 g/mol. The number of nitrogen functional groups attached to an aromatic ring is 1. The molecule has 3 N–H and O–H groups in total. The molecule has 0 bridgehead atoms. The van der Waals surface area contributed by atoms with Gasteiger partial charge in [-0.05, 0) is 41.8 Å². The number of amides is 1. The van der Waals surface area contributed by atoms with E-state index in [4.69, 9.17) is 5.73 Å². The molecule has 0 aliphatic heterocycles. The number of carbonyl (C=O) groups is 1. The van der Waals surface area contributed by atoms with Crippen LogP contribution >= 0.6 is 0 Å². The minimum absolute atomic E-state index is 0.115. The van der Waals surface area contributed by atoms with Gasteiger partial charge in [-0.25, -0.2) is 0 Å². The molecule has 0 saturated carbocycles. The van der Waals surface area contributed by atoms with E-state index in [-0.39, 0.29) is 5.91 Å². The van der Waals surface area contributed by atoms with Gasteiger partial charge < -0.3 is 11.1 Å². The van der Waals surface area contributed by atoms with E-state index in [1.165, 1.54) is 11.6 Å². The van der Waals surface area contributed by atoms with Crippen LogP contribution in [0.25, 0.3) is 6.08 Å². The Labute approximate surface area is 119 Å².